The Morgan fingerprint density at radius 3 is 2.30 bits per heavy atom. The molecule has 1 unspecified atom stereocenters. The first-order valence-corrected chi connectivity index (χ1v) is 22.2. The lowest BCUT2D eigenvalue weighted by Gasteiger charge is -2.13. The maximum Gasteiger partial charge on any atom is 0.251 e. The second-order valence-electron chi connectivity index (χ2n) is 15.3. The number of carbonyl (C=O) groups is 3. The molecule has 3 amide bonds. The van der Waals surface area contributed by atoms with Gasteiger partial charge < -0.3 is 34.9 Å². The molecule has 16 heteroatoms. The van der Waals surface area contributed by atoms with Crippen LogP contribution < -0.4 is 20.7 Å². The predicted molar refractivity (Wildman–Crippen MR) is 247 cm³/mol. The van der Waals surface area contributed by atoms with Crippen LogP contribution in [-0.4, -0.2) is 91.0 Å². The Kier molecular flexibility index (Phi) is 14.2. The fraction of sp³-hybridized carbons (Fsp3) is 0.292. The molecule has 330 valence electrons. The molecular formula is C48H48ClN7O7S. The molecule has 0 fully saturated rings. The molecular weight excluding hydrogens is 854 g/mol. The highest BCUT2D eigenvalue weighted by atomic mass is 35.5. The molecule has 4 heterocycles. The van der Waals surface area contributed by atoms with Gasteiger partial charge in [0.15, 0.2) is 5.82 Å². The number of nitrogens with one attached hydrogen (secondary N) is 3. The highest BCUT2D eigenvalue weighted by Crippen LogP contribution is 2.40. The number of aryl methyl sites for hydroxylation is 2. The molecule has 0 spiro atoms. The zero-order valence-corrected chi connectivity index (χ0v) is 37.3. The third-order valence-electron chi connectivity index (χ3n) is 10.8. The largest absolute Gasteiger partial charge is 0.491 e. The number of nitrogens with zero attached hydrogens (tertiary/aromatic N) is 4. The summed E-state index contributed by atoms with van der Waals surface area (Å²) in [4.78, 5) is 44.3. The predicted octanol–water partition coefficient (Wildman–Crippen LogP) is 7.85. The molecule has 0 saturated carbocycles. The van der Waals surface area contributed by atoms with E-state index in [1.807, 2.05) is 72.2 Å². The van der Waals surface area contributed by atoms with Crippen molar-refractivity contribution in [1.82, 2.24) is 20.1 Å². The molecule has 14 nitrogen and oxygen atoms in total. The third-order valence-corrected chi connectivity index (χ3v) is 12.3. The van der Waals surface area contributed by atoms with Crippen LogP contribution in [0.1, 0.15) is 61.6 Å². The Morgan fingerprint density at radius 1 is 0.828 bits per heavy atom. The Morgan fingerprint density at radius 2 is 1.53 bits per heavy atom. The molecule has 3 N–H and O–H groups in total. The van der Waals surface area contributed by atoms with Crippen molar-refractivity contribution in [3.05, 3.63) is 140 Å². The van der Waals surface area contributed by atoms with E-state index in [9.17, 15) is 14.4 Å². The molecule has 1 atom stereocenters. The minimum absolute atomic E-state index is 0.0110. The number of ether oxygens (including phenoxy) is 4. The number of fused-ring (bicyclic) bond motifs is 4. The van der Waals surface area contributed by atoms with Crippen LogP contribution in [-0.2, 0) is 30.2 Å². The lowest BCUT2D eigenvalue weighted by molar-refractivity contribution is -0.117. The fourth-order valence-corrected chi connectivity index (χ4v) is 8.84. The molecule has 0 aliphatic carbocycles. The van der Waals surface area contributed by atoms with Crippen LogP contribution in [0.2, 0.25) is 5.02 Å². The van der Waals surface area contributed by atoms with Gasteiger partial charge in [0.25, 0.3) is 5.91 Å². The normalized spacial score (nSPS) is 13.9. The topological polar surface area (TPSA) is 167 Å². The number of carbonyl (C=O) groups excluding carboxylic acids is 3. The van der Waals surface area contributed by atoms with Gasteiger partial charge in [-0.15, -0.1) is 21.5 Å². The van der Waals surface area contributed by atoms with E-state index in [2.05, 4.69) is 40.0 Å². The minimum Gasteiger partial charge on any atom is -0.491 e. The van der Waals surface area contributed by atoms with Gasteiger partial charge in [-0.3, -0.25) is 23.9 Å². The lowest BCUT2D eigenvalue weighted by Crippen LogP contribution is -2.27. The van der Waals surface area contributed by atoms with E-state index in [0.29, 0.717) is 87.1 Å². The van der Waals surface area contributed by atoms with Gasteiger partial charge in [0.1, 0.15) is 29.2 Å². The molecule has 0 radical (unpaired) electrons. The third kappa shape index (κ3) is 10.6. The average Bonchev–Trinajstić information content (AvgIpc) is 3.93. The Balaban J connectivity index is 0.705. The van der Waals surface area contributed by atoms with Crippen LogP contribution in [0.4, 0.5) is 11.4 Å². The number of amides is 3. The van der Waals surface area contributed by atoms with Crippen molar-refractivity contribution in [3.8, 4) is 21.9 Å². The quantitative estimate of drug-likeness (QED) is 0.0687. The second kappa shape index (κ2) is 20.5. The van der Waals surface area contributed by atoms with Crippen molar-refractivity contribution in [2.75, 3.05) is 63.4 Å². The molecule has 2 aromatic heterocycles. The number of benzene rings is 4. The maximum absolute atomic E-state index is 13.5. The van der Waals surface area contributed by atoms with Gasteiger partial charge in [0.2, 0.25) is 11.8 Å². The monoisotopic (exact) mass is 901 g/mol. The first-order chi connectivity index (χ1) is 31.1. The Labute approximate surface area is 380 Å². The van der Waals surface area contributed by atoms with Crippen LogP contribution in [0.25, 0.3) is 16.1 Å². The summed E-state index contributed by atoms with van der Waals surface area (Å²) in [6, 6.07) is 27.4. The zero-order chi connectivity index (χ0) is 44.6. The van der Waals surface area contributed by atoms with Crippen LogP contribution in [0.3, 0.4) is 0 Å². The number of aliphatic imine (C=N–C) groups is 1. The second-order valence-corrected chi connectivity index (χ2v) is 16.9. The van der Waals surface area contributed by atoms with Crippen molar-refractivity contribution >= 4 is 57.7 Å². The number of anilines is 2. The van der Waals surface area contributed by atoms with E-state index >= 15 is 0 Å². The van der Waals surface area contributed by atoms with E-state index < -0.39 is 6.04 Å². The molecule has 6 aromatic rings. The average molecular weight is 902 g/mol. The smallest absolute Gasteiger partial charge is 0.251 e. The summed E-state index contributed by atoms with van der Waals surface area (Å²) < 4.78 is 24.7. The summed E-state index contributed by atoms with van der Waals surface area (Å²) in [6.45, 7) is 9.13. The summed E-state index contributed by atoms with van der Waals surface area (Å²) in [6.07, 6.45) is 0.425. The van der Waals surface area contributed by atoms with Crippen molar-refractivity contribution in [2.24, 2.45) is 4.99 Å². The summed E-state index contributed by atoms with van der Waals surface area (Å²) in [5, 5.41) is 19.2. The first-order valence-electron chi connectivity index (χ1n) is 21.0. The first kappa shape index (κ1) is 44.4. The summed E-state index contributed by atoms with van der Waals surface area (Å²) in [5.41, 5.74) is 8.67. The van der Waals surface area contributed by atoms with Crippen LogP contribution in [0, 0.1) is 20.8 Å². The highest BCUT2D eigenvalue weighted by molar-refractivity contribution is 7.15. The van der Waals surface area contributed by atoms with E-state index in [-0.39, 0.29) is 24.1 Å². The van der Waals surface area contributed by atoms with Crippen molar-refractivity contribution in [1.29, 1.82) is 0 Å². The SMILES string of the molecule is Cc1sc2c(c1C)C(c1ccc(Cl)cc1)=NC(CC(=O)Nc1ccc(OCCOCCOCCOCCNC(=O)c3cccc(-c4ccc5c(c4)CC(=O)N5)c3)cc1)c1nnc(C)n1-2. The summed E-state index contributed by atoms with van der Waals surface area (Å²) in [5.74, 6) is 1.59. The molecule has 0 bridgehead atoms. The van der Waals surface area contributed by atoms with Gasteiger partial charge in [-0.1, -0.05) is 41.9 Å². The van der Waals surface area contributed by atoms with E-state index in [1.165, 1.54) is 4.88 Å². The van der Waals surface area contributed by atoms with E-state index in [0.717, 1.165) is 55.6 Å². The summed E-state index contributed by atoms with van der Waals surface area (Å²) in [7, 11) is 0. The molecule has 2 aliphatic rings. The van der Waals surface area contributed by atoms with E-state index in [4.69, 9.17) is 35.5 Å². The Hall–Kier alpha value is -6.23. The Bertz CT molecular complexity index is 2680. The van der Waals surface area contributed by atoms with Gasteiger partial charge in [0.05, 0.1) is 58.2 Å². The standard InChI is InChI=1S/C48H48ClN7O7S/c1-29-30(2)64-48-44(29)45(32-7-10-37(49)11-8-32)53-41(46-55-54-31(3)56(46)48)28-43(58)51-38-12-14-39(15-13-38)63-24-23-62-22-21-61-20-19-60-18-17-50-47(59)35-6-4-5-33(25-35)34-9-16-40-36(26-34)27-42(57)52-40/h4-16,25-26,41H,17-24,27-28H2,1-3H3,(H,50,59)(H,51,58)(H,52,57). The van der Waals surface area contributed by atoms with Gasteiger partial charge >= 0.3 is 0 Å². The van der Waals surface area contributed by atoms with Crippen LogP contribution in [0.15, 0.2) is 96.0 Å². The molecule has 8 rings (SSSR count). The van der Waals surface area contributed by atoms with Gasteiger partial charge in [-0.2, -0.15) is 0 Å². The van der Waals surface area contributed by atoms with E-state index in [1.54, 1.807) is 41.7 Å². The fourth-order valence-electron chi connectivity index (χ4n) is 7.50. The molecule has 0 saturated heterocycles. The lowest BCUT2D eigenvalue weighted by atomic mass is 9.99. The number of hydrogen-bond acceptors (Lipinski definition) is 11. The molecule has 4 aromatic carbocycles. The van der Waals surface area contributed by atoms with Crippen molar-refractivity contribution < 1.29 is 33.3 Å². The van der Waals surface area contributed by atoms with Crippen LogP contribution in [0.5, 0.6) is 5.75 Å². The van der Waals surface area contributed by atoms with Gasteiger partial charge in [-0.05, 0) is 104 Å². The van der Waals surface area contributed by atoms with Crippen molar-refractivity contribution in [3.63, 3.8) is 0 Å². The van der Waals surface area contributed by atoms with Gasteiger partial charge in [0, 0.05) is 44.5 Å². The maximum atomic E-state index is 13.5. The van der Waals surface area contributed by atoms with Gasteiger partial charge in [-0.25, -0.2) is 0 Å². The number of halogens is 1. The zero-order valence-electron chi connectivity index (χ0n) is 35.7. The summed E-state index contributed by atoms with van der Waals surface area (Å²) >= 11 is 7.91. The number of thiophene rings is 1. The number of rotatable bonds is 19. The molecule has 2 aliphatic heterocycles. The van der Waals surface area contributed by atoms with Crippen LogP contribution >= 0.6 is 22.9 Å². The number of hydrogen-bond donors (Lipinski definition) is 3. The minimum atomic E-state index is -0.577. The highest BCUT2D eigenvalue weighted by Gasteiger charge is 2.32. The number of aromatic nitrogens is 3. The van der Waals surface area contributed by atoms with Crippen molar-refractivity contribution in [2.45, 2.75) is 39.7 Å². The molecule has 64 heavy (non-hydrogen) atoms.